The molecular weight excluding hydrogens is 176 g/mol. The van der Waals surface area contributed by atoms with Crippen LogP contribution in [0.4, 0.5) is 0 Å². The number of hydrogen-bond donors (Lipinski definition) is 1. The van der Waals surface area contributed by atoms with Gasteiger partial charge in [-0.25, -0.2) is 9.97 Å². The van der Waals surface area contributed by atoms with Crippen molar-refractivity contribution in [2.24, 2.45) is 0 Å². The Balaban J connectivity index is 1.95. The lowest BCUT2D eigenvalue weighted by Crippen LogP contribution is -2.43. The minimum absolute atomic E-state index is 0.878. The summed E-state index contributed by atoms with van der Waals surface area (Å²) < 4.78 is 0. The van der Waals surface area contributed by atoms with Gasteiger partial charge >= 0.3 is 0 Å². The minimum atomic E-state index is 0.878. The van der Waals surface area contributed by atoms with E-state index in [0.717, 1.165) is 44.2 Å². The molecule has 1 N–H and O–H groups in total. The Bertz CT molecular complexity index is 294. The molecule has 4 nitrogen and oxygen atoms in total. The van der Waals surface area contributed by atoms with Gasteiger partial charge in [0.05, 0.1) is 6.54 Å². The summed E-state index contributed by atoms with van der Waals surface area (Å²) in [7, 11) is 0. The van der Waals surface area contributed by atoms with Gasteiger partial charge in [0.2, 0.25) is 0 Å². The number of rotatable bonds is 2. The number of nitrogens with one attached hydrogen (secondary N) is 1. The molecule has 14 heavy (non-hydrogen) atoms. The molecule has 0 amide bonds. The van der Waals surface area contributed by atoms with Gasteiger partial charge in [0, 0.05) is 38.1 Å². The SMILES string of the molecule is Cc1ccnc(CN2CCNCC2)n1. The van der Waals surface area contributed by atoms with E-state index in [9.17, 15) is 0 Å². The van der Waals surface area contributed by atoms with E-state index in [1.54, 1.807) is 0 Å². The zero-order chi connectivity index (χ0) is 9.80. The van der Waals surface area contributed by atoms with Gasteiger partial charge in [-0.1, -0.05) is 0 Å². The van der Waals surface area contributed by atoms with Crippen molar-refractivity contribution in [1.82, 2.24) is 20.2 Å². The average molecular weight is 192 g/mol. The molecule has 1 aromatic rings. The van der Waals surface area contributed by atoms with Crippen LogP contribution in [0.5, 0.6) is 0 Å². The second kappa shape index (κ2) is 4.48. The molecule has 0 saturated carbocycles. The first kappa shape index (κ1) is 9.55. The molecule has 1 aliphatic rings. The van der Waals surface area contributed by atoms with Gasteiger partial charge < -0.3 is 5.32 Å². The second-order valence-electron chi connectivity index (χ2n) is 3.64. The first-order valence-corrected chi connectivity index (χ1v) is 5.06. The van der Waals surface area contributed by atoms with Crippen LogP contribution in [0.15, 0.2) is 12.3 Å². The summed E-state index contributed by atoms with van der Waals surface area (Å²) in [5.41, 5.74) is 1.05. The lowest BCUT2D eigenvalue weighted by molar-refractivity contribution is 0.228. The Kier molecular flexibility index (Phi) is 3.06. The summed E-state index contributed by atoms with van der Waals surface area (Å²) in [6.45, 7) is 7.22. The Hall–Kier alpha value is -1.00. The number of hydrogen-bond acceptors (Lipinski definition) is 4. The van der Waals surface area contributed by atoms with Crippen LogP contribution in [0.2, 0.25) is 0 Å². The summed E-state index contributed by atoms with van der Waals surface area (Å²) in [4.78, 5) is 11.0. The Morgan fingerprint density at radius 3 is 2.93 bits per heavy atom. The molecule has 4 heteroatoms. The van der Waals surface area contributed by atoms with E-state index >= 15 is 0 Å². The topological polar surface area (TPSA) is 41.1 Å². The first-order chi connectivity index (χ1) is 6.84. The van der Waals surface area contributed by atoms with Gasteiger partial charge in [-0.3, -0.25) is 4.90 Å². The van der Waals surface area contributed by atoms with Crippen molar-refractivity contribution in [3.63, 3.8) is 0 Å². The van der Waals surface area contributed by atoms with E-state index in [0.29, 0.717) is 0 Å². The van der Waals surface area contributed by atoms with Crippen molar-refractivity contribution >= 4 is 0 Å². The van der Waals surface area contributed by atoms with Crippen molar-refractivity contribution in [3.8, 4) is 0 Å². The van der Waals surface area contributed by atoms with E-state index < -0.39 is 0 Å². The van der Waals surface area contributed by atoms with Crippen LogP contribution >= 0.6 is 0 Å². The minimum Gasteiger partial charge on any atom is -0.314 e. The van der Waals surface area contributed by atoms with Crippen LogP contribution in [0.3, 0.4) is 0 Å². The molecule has 0 atom stereocenters. The lowest BCUT2D eigenvalue weighted by atomic mass is 10.3. The molecule has 0 unspecified atom stereocenters. The normalized spacial score (nSPS) is 18.4. The number of aromatic nitrogens is 2. The molecule has 1 aliphatic heterocycles. The van der Waals surface area contributed by atoms with Crippen molar-refractivity contribution in [1.29, 1.82) is 0 Å². The average Bonchev–Trinajstić information content (AvgIpc) is 2.19. The maximum atomic E-state index is 4.39. The number of aryl methyl sites for hydroxylation is 1. The summed E-state index contributed by atoms with van der Waals surface area (Å²) in [6, 6.07) is 1.93. The van der Waals surface area contributed by atoms with Crippen LogP contribution in [-0.2, 0) is 6.54 Å². The maximum Gasteiger partial charge on any atom is 0.142 e. The van der Waals surface area contributed by atoms with E-state index in [-0.39, 0.29) is 0 Å². The van der Waals surface area contributed by atoms with E-state index in [1.807, 2.05) is 19.2 Å². The highest BCUT2D eigenvalue weighted by Gasteiger charge is 2.10. The third-order valence-corrected chi connectivity index (χ3v) is 2.42. The van der Waals surface area contributed by atoms with Crippen LogP contribution in [-0.4, -0.2) is 41.0 Å². The number of piperazine rings is 1. The van der Waals surface area contributed by atoms with Gasteiger partial charge in [0.25, 0.3) is 0 Å². The van der Waals surface area contributed by atoms with E-state index in [2.05, 4.69) is 20.2 Å². The van der Waals surface area contributed by atoms with E-state index in [4.69, 9.17) is 0 Å². The van der Waals surface area contributed by atoms with Crippen molar-refractivity contribution in [2.75, 3.05) is 26.2 Å². The van der Waals surface area contributed by atoms with Crippen LogP contribution in [0, 0.1) is 6.92 Å². The van der Waals surface area contributed by atoms with Crippen LogP contribution < -0.4 is 5.32 Å². The Morgan fingerprint density at radius 1 is 1.43 bits per heavy atom. The summed E-state index contributed by atoms with van der Waals surface area (Å²) in [5.74, 6) is 0.937. The molecular formula is C10H16N4. The van der Waals surface area contributed by atoms with E-state index in [1.165, 1.54) is 0 Å². The molecule has 0 radical (unpaired) electrons. The van der Waals surface area contributed by atoms with Crippen molar-refractivity contribution in [3.05, 3.63) is 23.8 Å². The largest absolute Gasteiger partial charge is 0.314 e. The molecule has 0 spiro atoms. The molecule has 2 rings (SSSR count). The molecule has 0 aliphatic carbocycles. The summed E-state index contributed by atoms with van der Waals surface area (Å²) in [5, 5.41) is 3.33. The second-order valence-corrected chi connectivity index (χ2v) is 3.64. The third kappa shape index (κ3) is 2.49. The Morgan fingerprint density at radius 2 is 2.21 bits per heavy atom. The molecule has 1 saturated heterocycles. The molecule has 2 heterocycles. The maximum absolute atomic E-state index is 4.39. The van der Waals surface area contributed by atoms with Gasteiger partial charge in [-0.15, -0.1) is 0 Å². The van der Waals surface area contributed by atoms with Crippen LogP contribution in [0.25, 0.3) is 0 Å². The van der Waals surface area contributed by atoms with Gasteiger partial charge in [-0.2, -0.15) is 0 Å². The molecule has 0 aromatic carbocycles. The monoisotopic (exact) mass is 192 g/mol. The lowest BCUT2D eigenvalue weighted by Gasteiger charge is -2.26. The zero-order valence-corrected chi connectivity index (χ0v) is 8.53. The fourth-order valence-electron chi connectivity index (χ4n) is 1.65. The molecule has 1 aromatic heterocycles. The van der Waals surface area contributed by atoms with Gasteiger partial charge in [0.1, 0.15) is 5.82 Å². The number of nitrogens with zero attached hydrogens (tertiary/aromatic N) is 3. The fraction of sp³-hybridized carbons (Fsp3) is 0.600. The first-order valence-electron chi connectivity index (χ1n) is 5.06. The predicted molar refractivity (Wildman–Crippen MR) is 54.9 cm³/mol. The van der Waals surface area contributed by atoms with Crippen LogP contribution in [0.1, 0.15) is 11.5 Å². The van der Waals surface area contributed by atoms with Crippen molar-refractivity contribution < 1.29 is 0 Å². The molecule has 76 valence electrons. The highest BCUT2D eigenvalue weighted by molar-refractivity contribution is 4.99. The molecule has 1 fully saturated rings. The van der Waals surface area contributed by atoms with Gasteiger partial charge in [0.15, 0.2) is 0 Å². The summed E-state index contributed by atoms with van der Waals surface area (Å²) in [6.07, 6.45) is 1.83. The standard InChI is InChI=1S/C10H16N4/c1-9-2-3-12-10(13-9)8-14-6-4-11-5-7-14/h2-3,11H,4-8H2,1H3. The van der Waals surface area contributed by atoms with Gasteiger partial charge in [-0.05, 0) is 13.0 Å². The van der Waals surface area contributed by atoms with Crippen molar-refractivity contribution in [2.45, 2.75) is 13.5 Å². The zero-order valence-electron chi connectivity index (χ0n) is 8.53. The fourth-order valence-corrected chi connectivity index (χ4v) is 1.65. The molecule has 0 bridgehead atoms. The highest BCUT2D eigenvalue weighted by Crippen LogP contribution is 2.00. The quantitative estimate of drug-likeness (QED) is 0.726. The smallest absolute Gasteiger partial charge is 0.142 e. The summed E-state index contributed by atoms with van der Waals surface area (Å²) >= 11 is 0. The predicted octanol–water partition coefficient (Wildman–Crippen LogP) is 0.190. The highest BCUT2D eigenvalue weighted by atomic mass is 15.2. The third-order valence-electron chi connectivity index (χ3n) is 2.42. The Labute approximate surface area is 84.4 Å².